The molecule has 1 aromatic heterocycles. The van der Waals surface area contributed by atoms with Crippen LogP contribution in [0, 0.1) is 12.8 Å². The molecule has 3 nitrogen and oxygen atoms in total. The Labute approximate surface area is 126 Å². The lowest BCUT2D eigenvalue weighted by Gasteiger charge is -2.23. The van der Waals surface area contributed by atoms with E-state index in [2.05, 4.69) is 5.32 Å². The first-order valence-electron chi connectivity index (χ1n) is 6.88. The number of hydrogen-bond acceptors (Lipinski definition) is 3. The molecular formula is C14H19F3N2OS. The highest BCUT2D eigenvalue weighted by Gasteiger charge is 2.42. The van der Waals surface area contributed by atoms with Crippen LogP contribution >= 0.6 is 11.3 Å². The largest absolute Gasteiger partial charge is 0.390 e. The van der Waals surface area contributed by atoms with Crippen molar-refractivity contribution in [1.82, 2.24) is 10.2 Å². The Balaban J connectivity index is 2.21. The van der Waals surface area contributed by atoms with E-state index in [1.165, 1.54) is 16.2 Å². The van der Waals surface area contributed by atoms with Gasteiger partial charge in [-0.3, -0.25) is 10.1 Å². The third-order valence-electron chi connectivity index (χ3n) is 3.53. The van der Waals surface area contributed by atoms with Gasteiger partial charge in [-0.2, -0.15) is 13.2 Å². The van der Waals surface area contributed by atoms with E-state index in [0.29, 0.717) is 0 Å². The molecule has 0 radical (unpaired) electrons. The molecule has 0 bridgehead atoms. The van der Waals surface area contributed by atoms with Crippen molar-refractivity contribution in [1.29, 1.82) is 0 Å². The van der Waals surface area contributed by atoms with Gasteiger partial charge in [0.05, 0.1) is 12.5 Å². The molecule has 0 spiro atoms. The fraction of sp³-hybridized carbons (Fsp3) is 0.643. The Hall–Kier alpha value is -1.08. The monoisotopic (exact) mass is 320 g/mol. The number of nitrogens with one attached hydrogen (secondary N) is 1. The number of hydrogen-bond donors (Lipinski definition) is 1. The summed E-state index contributed by atoms with van der Waals surface area (Å²) in [4.78, 5) is 15.6. The third-order valence-corrected chi connectivity index (χ3v) is 4.58. The van der Waals surface area contributed by atoms with Gasteiger partial charge in [-0.1, -0.05) is 13.8 Å². The van der Waals surface area contributed by atoms with Crippen molar-refractivity contribution in [3.05, 3.63) is 21.9 Å². The molecule has 118 valence electrons. The van der Waals surface area contributed by atoms with Gasteiger partial charge in [0.2, 0.25) is 5.91 Å². The Morgan fingerprint density at radius 2 is 2.05 bits per heavy atom. The van der Waals surface area contributed by atoms with Gasteiger partial charge < -0.3 is 4.90 Å². The van der Waals surface area contributed by atoms with Gasteiger partial charge in [0, 0.05) is 16.3 Å². The van der Waals surface area contributed by atoms with Crippen LogP contribution in [0.3, 0.4) is 0 Å². The zero-order chi connectivity index (χ0) is 15.8. The normalized spacial score (nSPS) is 23.4. The number of rotatable bonds is 4. The Morgan fingerprint density at radius 1 is 1.38 bits per heavy atom. The highest BCUT2D eigenvalue weighted by molar-refractivity contribution is 7.12. The van der Waals surface area contributed by atoms with Gasteiger partial charge in [0.15, 0.2) is 0 Å². The predicted octanol–water partition coefficient (Wildman–Crippen LogP) is 3.46. The van der Waals surface area contributed by atoms with E-state index in [1.54, 1.807) is 0 Å². The molecule has 1 saturated heterocycles. The molecule has 1 aromatic rings. The number of aryl methyl sites for hydroxylation is 1. The minimum Gasteiger partial charge on any atom is -0.320 e. The van der Waals surface area contributed by atoms with E-state index in [9.17, 15) is 18.0 Å². The standard InChI is InChI=1S/C14H19F3N2OS/c1-8(2)11-13(20)19(7-6-14(15,16)17)12(18-11)10-5-4-9(3)21-10/h4-5,8,11-12,18H,6-7H2,1-3H3. The topological polar surface area (TPSA) is 32.3 Å². The lowest BCUT2D eigenvalue weighted by molar-refractivity contribution is -0.145. The van der Waals surface area contributed by atoms with Crippen molar-refractivity contribution in [2.24, 2.45) is 5.92 Å². The van der Waals surface area contributed by atoms with Crippen LogP contribution in [0.25, 0.3) is 0 Å². The number of alkyl halides is 3. The van der Waals surface area contributed by atoms with Gasteiger partial charge >= 0.3 is 6.18 Å². The first-order chi connectivity index (χ1) is 9.69. The van der Waals surface area contributed by atoms with Crippen molar-refractivity contribution in [3.63, 3.8) is 0 Å². The highest BCUT2D eigenvalue weighted by atomic mass is 32.1. The minimum atomic E-state index is -4.26. The fourth-order valence-electron chi connectivity index (χ4n) is 2.44. The number of thiophene rings is 1. The Bertz CT molecular complexity index is 513. The van der Waals surface area contributed by atoms with Crippen LogP contribution in [0.2, 0.25) is 0 Å². The lowest BCUT2D eigenvalue weighted by atomic mass is 10.1. The second kappa shape index (κ2) is 5.96. The molecule has 2 atom stereocenters. The zero-order valence-electron chi connectivity index (χ0n) is 12.2. The minimum absolute atomic E-state index is 0.0388. The number of carbonyl (C=O) groups excluding carboxylic acids is 1. The first kappa shape index (κ1) is 16.3. The van der Waals surface area contributed by atoms with Gasteiger partial charge in [-0.25, -0.2) is 0 Å². The molecule has 7 heteroatoms. The van der Waals surface area contributed by atoms with E-state index >= 15 is 0 Å². The smallest absolute Gasteiger partial charge is 0.320 e. The molecule has 0 aromatic carbocycles. The number of halogens is 3. The molecular weight excluding hydrogens is 301 g/mol. The quantitative estimate of drug-likeness (QED) is 0.921. The molecule has 1 aliphatic heterocycles. The zero-order valence-corrected chi connectivity index (χ0v) is 13.0. The van der Waals surface area contributed by atoms with Crippen LogP contribution in [0.15, 0.2) is 12.1 Å². The number of nitrogens with zero attached hydrogens (tertiary/aromatic N) is 1. The fourth-order valence-corrected chi connectivity index (χ4v) is 3.39. The van der Waals surface area contributed by atoms with E-state index in [-0.39, 0.29) is 18.4 Å². The maximum Gasteiger partial charge on any atom is 0.390 e. The van der Waals surface area contributed by atoms with Gasteiger partial charge in [0.1, 0.15) is 6.17 Å². The van der Waals surface area contributed by atoms with Crippen LogP contribution in [0.4, 0.5) is 13.2 Å². The molecule has 1 aliphatic rings. The van der Waals surface area contributed by atoms with Crippen LogP contribution in [-0.4, -0.2) is 29.6 Å². The highest BCUT2D eigenvalue weighted by Crippen LogP contribution is 2.33. The molecule has 0 aliphatic carbocycles. The average molecular weight is 320 g/mol. The van der Waals surface area contributed by atoms with Crippen molar-refractivity contribution in [2.45, 2.75) is 45.6 Å². The van der Waals surface area contributed by atoms with Crippen molar-refractivity contribution in [3.8, 4) is 0 Å². The van der Waals surface area contributed by atoms with Crippen LogP contribution in [0.5, 0.6) is 0 Å². The molecule has 1 amide bonds. The first-order valence-corrected chi connectivity index (χ1v) is 7.70. The Kier molecular flexibility index (Phi) is 4.63. The lowest BCUT2D eigenvalue weighted by Crippen LogP contribution is -2.35. The van der Waals surface area contributed by atoms with Gasteiger partial charge in [0.25, 0.3) is 0 Å². The van der Waals surface area contributed by atoms with Gasteiger partial charge in [-0.05, 0) is 25.0 Å². The van der Waals surface area contributed by atoms with E-state index in [4.69, 9.17) is 0 Å². The summed E-state index contributed by atoms with van der Waals surface area (Å²) in [6.07, 6.45) is -5.69. The van der Waals surface area contributed by atoms with Crippen LogP contribution < -0.4 is 5.32 Å². The molecule has 2 unspecified atom stereocenters. The predicted molar refractivity (Wildman–Crippen MR) is 75.9 cm³/mol. The summed E-state index contributed by atoms with van der Waals surface area (Å²) in [5.74, 6) is -0.206. The maximum atomic E-state index is 12.5. The maximum absolute atomic E-state index is 12.5. The number of carbonyl (C=O) groups is 1. The van der Waals surface area contributed by atoms with Gasteiger partial charge in [-0.15, -0.1) is 11.3 Å². The summed E-state index contributed by atoms with van der Waals surface area (Å²) < 4.78 is 37.4. The van der Waals surface area contributed by atoms with Crippen molar-refractivity contribution >= 4 is 17.2 Å². The molecule has 21 heavy (non-hydrogen) atoms. The molecule has 0 saturated carbocycles. The summed E-state index contributed by atoms with van der Waals surface area (Å²) >= 11 is 1.50. The summed E-state index contributed by atoms with van der Waals surface area (Å²) in [6.45, 7) is 5.41. The van der Waals surface area contributed by atoms with E-state index in [0.717, 1.165) is 9.75 Å². The SMILES string of the molecule is Cc1ccc(C2NC(C(C)C)C(=O)N2CCC(F)(F)F)s1. The summed E-state index contributed by atoms with van der Waals surface area (Å²) in [5, 5.41) is 3.18. The van der Waals surface area contributed by atoms with Crippen LogP contribution in [-0.2, 0) is 4.79 Å². The summed E-state index contributed by atoms with van der Waals surface area (Å²) in [5.41, 5.74) is 0. The number of amides is 1. The van der Waals surface area contributed by atoms with E-state index < -0.39 is 24.8 Å². The Morgan fingerprint density at radius 3 is 2.52 bits per heavy atom. The third kappa shape index (κ3) is 3.77. The molecule has 2 rings (SSSR count). The molecule has 2 heterocycles. The average Bonchev–Trinajstić information content (AvgIpc) is 2.90. The summed E-state index contributed by atoms with van der Waals surface area (Å²) in [6, 6.07) is 3.36. The molecule has 1 fully saturated rings. The van der Waals surface area contributed by atoms with Crippen LogP contribution in [0.1, 0.15) is 36.2 Å². The summed E-state index contributed by atoms with van der Waals surface area (Å²) in [7, 11) is 0. The van der Waals surface area contributed by atoms with Crippen molar-refractivity contribution in [2.75, 3.05) is 6.54 Å². The van der Waals surface area contributed by atoms with Crippen molar-refractivity contribution < 1.29 is 18.0 Å². The second-order valence-corrected chi connectivity index (χ2v) is 6.96. The molecule has 1 N–H and O–H groups in total. The van der Waals surface area contributed by atoms with E-state index in [1.807, 2.05) is 32.9 Å². The second-order valence-electron chi connectivity index (χ2n) is 5.64.